The minimum absolute atomic E-state index is 0.112. The van der Waals surface area contributed by atoms with E-state index in [1.165, 1.54) is 0 Å². The molecule has 108 valence electrons. The normalized spacial score (nSPS) is 12.7. The van der Waals surface area contributed by atoms with Gasteiger partial charge in [-0.15, -0.1) is 0 Å². The highest BCUT2D eigenvalue weighted by Gasteiger charge is 2.58. The number of unbranched alkanes of at least 4 members (excludes halogenated alkanes) is 2. The Morgan fingerprint density at radius 2 is 1.56 bits per heavy atom. The second kappa shape index (κ2) is 8.55. The first-order valence-corrected chi connectivity index (χ1v) is 8.41. The van der Waals surface area contributed by atoms with Gasteiger partial charge in [-0.2, -0.15) is 8.78 Å². The fourth-order valence-electron chi connectivity index (χ4n) is 0.965. The Hall–Kier alpha value is 0.410. The number of halogens is 3. The average Bonchev–Trinajstić information content (AvgIpc) is 2.29. The summed E-state index contributed by atoms with van der Waals surface area (Å²) in [6, 6.07) is 0. The van der Waals surface area contributed by atoms with E-state index in [2.05, 4.69) is 0 Å². The monoisotopic (exact) mass is 398 g/mol. The first kappa shape index (κ1) is 18.4. The standard InChI is InChI=1S/C10H18F2IO4P/c1-3-5-7-16-18(15,17-8-6-4-2)10(11,12)9(13)14/h3-8H2,1-2H3. The van der Waals surface area contributed by atoms with Crippen LogP contribution in [0.25, 0.3) is 0 Å². The smallest absolute Gasteiger partial charge is 0.304 e. The van der Waals surface area contributed by atoms with Gasteiger partial charge in [0.25, 0.3) is 3.79 Å². The SMILES string of the molecule is CCCCOP(=O)(OCCCC)C(F)(F)C(=O)I. The van der Waals surface area contributed by atoms with Crippen molar-refractivity contribution in [2.24, 2.45) is 0 Å². The van der Waals surface area contributed by atoms with Crippen LogP contribution in [-0.2, 0) is 18.4 Å². The molecule has 0 rings (SSSR count). The summed E-state index contributed by atoms with van der Waals surface area (Å²) in [5, 5.41) is 0. The van der Waals surface area contributed by atoms with E-state index >= 15 is 0 Å². The molecule has 0 heterocycles. The maximum Gasteiger partial charge on any atom is 0.412 e. The Kier molecular flexibility index (Phi) is 8.75. The third-order valence-corrected chi connectivity index (χ3v) is 5.14. The summed E-state index contributed by atoms with van der Waals surface area (Å²) in [5.41, 5.74) is -4.09. The largest absolute Gasteiger partial charge is 0.412 e. The maximum absolute atomic E-state index is 13.6. The van der Waals surface area contributed by atoms with Crippen molar-refractivity contribution in [3.63, 3.8) is 0 Å². The fraction of sp³-hybridized carbons (Fsp3) is 0.900. The Morgan fingerprint density at radius 1 is 1.17 bits per heavy atom. The molecule has 0 unspecified atom stereocenters. The van der Waals surface area contributed by atoms with Crippen LogP contribution in [-0.4, -0.2) is 22.7 Å². The lowest BCUT2D eigenvalue weighted by Gasteiger charge is -2.23. The summed E-state index contributed by atoms with van der Waals surface area (Å²) < 4.78 is 47.0. The minimum Gasteiger partial charge on any atom is -0.304 e. The lowest BCUT2D eigenvalue weighted by atomic mass is 10.4. The van der Waals surface area contributed by atoms with Gasteiger partial charge >= 0.3 is 13.3 Å². The van der Waals surface area contributed by atoms with Crippen LogP contribution in [0.1, 0.15) is 39.5 Å². The molecule has 0 aromatic heterocycles. The van der Waals surface area contributed by atoms with Crippen LogP contribution in [0.15, 0.2) is 0 Å². The van der Waals surface area contributed by atoms with E-state index < -0.39 is 17.0 Å². The Bertz CT molecular complexity index is 298. The van der Waals surface area contributed by atoms with Crippen LogP contribution in [0, 0.1) is 0 Å². The molecule has 0 atom stereocenters. The zero-order valence-electron chi connectivity index (χ0n) is 10.5. The molecule has 0 N–H and O–H groups in total. The number of alkyl halides is 2. The zero-order valence-corrected chi connectivity index (χ0v) is 13.5. The van der Waals surface area contributed by atoms with Gasteiger partial charge in [0.05, 0.1) is 13.2 Å². The topological polar surface area (TPSA) is 52.6 Å². The van der Waals surface area contributed by atoms with Crippen molar-refractivity contribution >= 4 is 34.0 Å². The minimum atomic E-state index is -4.73. The molecular weight excluding hydrogens is 380 g/mol. The summed E-state index contributed by atoms with van der Waals surface area (Å²) >= 11 is 0.911. The number of carbonyl (C=O) groups is 1. The van der Waals surface area contributed by atoms with E-state index in [0.717, 1.165) is 22.6 Å². The zero-order chi connectivity index (χ0) is 14.2. The van der Waals surface area contributed by atoms with Gasteiger partial charge < -0.3 is 9.05 Å². The van der Waals surface area contributed by atoms with E-state index in [4.69, 9.17) is 9.05 Å². The van der Waals surface area contributed by atoms with Crippen molar-refractivity contribution in [2.45, 2.75) is 45.2 Å². The molecule has 0 aliphatic carbocycles. The molecule has 0 aliphatic heterocycles. The second-order valence-corrected chi connectivity index (χ2v) is 6.74. The number of hydrogen-bond acceptors (Lipinski definition) is 4. The van der Waals surface area contributed by atoms with E-state index in [1.54, 1.807) is 0 Å². The van der Waals surface area contributed by atoms with Crippen molar-refractivity contribution in [3.8, 4) is 0 Å². The third kappa shape index (κ3) is 5.19. The van der Waals surface area contributed by atoms with Crippen LogP contribution in [0.3, 0.4) is 0 Å². The first-order chi connectivity index (χ1) is 8.31. The Morgan fingerprint density at radius 3 is 1.83 bits per heavy atom. The molecule has 0 saturated carbocycles. The maximum atomic E-state index is 13.6. The van der Waals surface area contributed by atoms with Gasteiger partial charge in [-0.1, -0.05) is 26.7 Å². The predicted molar refractivity (Wildman–Crippen MR) is 73.3 cm³/mol. The molecule has 0 fully saturated rings. The van der Waals surface area contributed by atoms with Gasteiger partial charge in [-0.25, -0.2) is 0 Å². The summed E-state index contributed by atoms with van der Waals surface area (Å²) in [6.07, 6.45) is 2.37. The highest BCUT2D eigenvalue weighted by Crippen LogP contribution is 2.63. The number of carbonyl (C=O) groups excluding carboxylic acids is 1. The summed E-state index contributed by atoms with van der Waals surface area (Å²) in [7, 11) is -4.73. The quantitative estimate of drug-likeness (QED) is 0.238. The van der Waals surface area contributed by atoms with E-state index in [9.17, 15) is 18.1 Å². The second-order valence-electron chi connectivity index (χ2n) is 3.69. The van der Waals surface area contributed by atoms with Crippen LogP contribution in [0.5, 0.6) is 0 Å². The van der Waals surface area contributed by atoms with Crippen LogP contribution >= 0.6 is 30.2 Å². The predicted octanol–water partition coefficient (Wildman–Crippen LogP) is 4.37. The van der Waals surface area contributed by atoms with Crippen LogP contribution in [0.2, 0.25) is 0 Å². The summed E-state index contributed by atoms with van der Waals surface area (Å²) in [4.78, 5) is 10.9. The lowest BCUT2D eigenvalue weighted by Crippen LogP contribution is -2.27. The number of rotatable bonds is 10. The molecule has 0 spiro atoms. The number of hydrogen-bond donors (Lipinski definition) is 0. The Labute approximate surface area is 119 Å². The molecule has 0 radical (unpaired) electrons. The van der Waals surface area contributed by atoms with Crippen molar-refractivity contribution in [1.82, 2.24) is 0 Å². The molecule has 0 aliphatic rings. The van der Waals surface area contributed by atoms with Crippen molar-refractivity contribution in [3.05, 3.63) is 0 Å². The molecule has 0 bridgehead atoms. The van der Waals surface area contributed by atoms with Gasteiger partial charge in [0.15, 0.2) is 0 Å². The Balaban J connectivity index is 4.79. The molecule has 18 heavy (non-hydrogen) atoms. The molecule has 0 amide bonds. The van der Waals surface area contributed by atoms with Gasteiger partial charge in [0.1, 0.15) is 0 Å². The van der Waals surface area contributed by atoms with Gasteiger partial charge in [-0.3, -0.25) is 9.36 Å². The molecule has 4 nitrogen and oxygen atoms in total. The van der Waals surface area contributed by atoms with Crippen LogP contribution in [0.4, 0.5) is 8.78 Å². The van der Waals surface area contributed by atoms with Gasteiger partial charge in [-0.05, 0) is 12.8 Å². The average molecular weight is 398 g/mol. The van der Waals surface area contributed by atoms with Crippen molar-refractivity contribution in [1.29, 1.82) is 0 Å². The van der Waals surface area contributed by atoms with E-state index in [1.807, 2.05) is 13.8 Å². The summed E-state index contributed by atoms with van der Waals surface area (Å²) in [5.74, 6) is 0. The fourth-order valence-corrected chi connectivity index (χ4v) is 3.20. The summed E-state index contributed by atoms with van der Waals surface area (Å²) in [6.45, 7) is 3.46. The lowest BCUT2D eigenvalue weighted by molar-refractivity contribution is -0.124. The first-order valence-electron chi connectivity index (χ1n) is 5.78. The van der Waals surface area contributed by atoms with Gasteiger partial charge in [0.2, 0.25) is 0 Å². The van der Waals surface area contributed by atoms with Crippen molar-refractivity contribution < 1.29 is 27.2 Å². The van der Waals surface area contributed by atoms with Crippen LogP contribution < -0.4 is 0 Å². The third-order valence-electron chi connectivity index (χ3n) is 2.10. The highest BCUT2D eigenvalue weighted by molar-refractivity contribution is 14.1. The van der Waals surface area contributed by atoms with E-state index in [-0.39, 0.29) is 13.2 Å². The van der Waals surface area contributed by atoms with Crippen molar-refractivity contribution in [2.75, 3.05) is 13.2 Å². The molecular formula is C10H18F2IO4P. The molecule has 8 heteroatoms. The van der Waals surface area contributed by atoms with E-state index in [0.29, 0.717) is 25.7 Å². The van der Waals surface area contributed by atoms with Gasteiger partial charge in [0, 0.05) is 22.6 Å². The molecule has 0 aromatic carbocycles. The molecule has 0 aromatic rings. The highest BCUT2D eigenvalue weighted by atomic mass is 127. The molecule has 0 saturated heterocycles.